The van der Waals surface area contributed by atoms with Crippen molar-refractivity contribution in [3.63, 3.8) is 0 Å². The predicted octanol–water partition coefficient (Wildman–Crippen LogP) is 3.99. The third kappa shape index (κ3) is 5.96. The second-order valence-electron chi connectivity index (χ2n) is 5.69. The van der Waals surface area contributed by atoms with E-state index >= 15 is 0 Å². The maximum atomic E-state index is 12.4. The first-order valence-corrected chi connectivity index (χ1v) is 8.95. The van der Waals surface area contributed by atoms with Crippen molar-refractivity contribution in [2.45, 2.75) is 13.8 Å². The number of allylic oxidation sites excluding steroid dienone is 1. The normalized spacial score (nSPS) is 11.7. The number of carbonyl (C=O) groups excluding carboxylic acids is 2. The molecule has 0 amide bonds. The van der Waals surface area contributed by atoms with Crippen LogP contribution in [0.2, 0.25) is 5.02 Å². The van der Waals surface area contributed by atoms with Gasteiger partial charge in [-0.25, -0.2) is 4.79 Å². The third-order valence-corrected chi connectivity index (χ3v) is 3.99. The summed E-state index contributed by atoms with van der Waals surface area (Å²) in [6.07, 6.45) is 1.14. The van der Waals surface area contributed by atoms with Crippen molar-refractivity contribution in [1.29, 1.82) is 0 Å². The fraction of sp³-hybridized carbons (Fsp3) is 0.190. The summed E-state index contributed by atoms with van der Waals surface area (Å²) >= 11 is 5.83. The number of nitrogens with zero attached hydrogens (tertiary/aromatic N) is 1. The quantitative estimate of drug-likeness (QED) is 0.238. The van der Waals surface area contributed by atoms with Gasteiger partial charge in [-0.2, -0.15) is 5.10 Å². The van der Waals surface area contributed by atoms with Gasteiger partial charge in [-0.1, -0.05) is 11.6 Å². The van der Waals surface area contributed by atoms with Crippen molar-refractivity contribution in [2.24, 2.45) is 5.10 Å². The molecular formula is C21H21ClN2O4. The molecule has 0 fully saturated rings. The van der Waals surface area contributed by atoms with Gasteiger partial charge < -0.3 is 9.47 Å². The number of rotatable bonds is 8. The molecule has 1 N–H and O–H groups in total. The van der Waals surface area contributed by atoms with Gasteiger partial charge in [0.25, 0.3) is 0 Å². The molecule has 0 aliphatic heterocycles. The van der Waals surface area contributed by atoms with Crippen LogP contribution in [0.15, 0.2) is 65.4 Å². The molecule has 6 nitrogen and oxygen atoms in total. The van der Waals surface area contributed by atoms with Crippen molar-refractivity contribution in [3.05, 3.63) is 76.5 Å². The van der Waals surface area contributed by atoms with E-state index in [9.17, 15) is 9.59 Å². The minimum atomic E-state index is -0.703. The van der Waals surface area contributed by atoms with Crippen LogP contribution in [-0.2, 0) is 9.53 Å². The van der Waals surface area contributed by atoms with E-state index < -0.39 is 5.97 Å². The predicted molar refractivity (Wildman–Crippen MR) is 109 cm³/mol. The number of carbonyl (C=O) groups is 2. The van der Waals surface area contributed by atoms with E-state index in [1.807, 2.05) is 31.2 Å². The highest BCUT2D eigenvalue weighted by atomic mass is 35.5. The summed E-state index contributed by atoms with van der Waals surface area (Å²) in [7, 11) is 1.23. The third-order valence-electron chi connectivity index (χ3n) is 3.74. The summed E-state index contributed by atoms with van der Waals surface area (Å²) in [6, 6.07) is 13.7. The molecule has 0 aliphatic rings. The molecule has 0 unspecified atom stereocenters. The lowest BCUT2D eigenvalue weighted by Crippen LogP contribution is -2.20. The van der Waals surface area contributed by atoms with E-state index in [0.29, 0.717) is 22.9 Å². The Hall–Kier alpha value is -3.12. The minimum absolute atomic E-state index is 0.0762. The molecule has 0 aliphatic carbocycles. The molecule has 0 heterocycles. The number of hydrazone groups is 1. The highest BCUT2D eigenvalue weighted by molar-refractivity contribution is 6.30. The number of ether oxygens (including phenoxy) is 2. The van der Waals surface area contributed by atoms with Crippen molar-refractivity contribution in [1.82, 2.24) is 5.43 Å². The molecule has 0 spiro atoms. The first kappa shape index (κ1) is 21.2. The van der Waals surface area contributed by atoms with E-state index in [0.717, 1.165) is 17.4 Å². The Balaban J connectivity index is 2.19. The van der Waals surface area contributed by atoms with Crippen LogP contribution in [0.4, 0.5) is 0 Å². The van der Waals surface area contributed by atoms with Crippen LogP contribution in [0, 0.1) is 0 Å². The molecule has 0 saturated carbocycles. The Morgan fingerprint density at radius 2 is 1.68 bits per heavy atom. The molecule has 28 heavy (non-hydrogen) atoms. The summed E-state index contributed by atoms with van der Waals surface area (Å²) < 4.78 is 10.1. The number of nitrogens with one attached hydrogen (secondary N) is 1. The number of hydrogen-bond acceptors (Lipinski definition) is 6. The van der Waals surface area contributed by atoms with Gasteiger partial charge in [0.1, 0.15) is 11.4 Å². The molecule has 7 heteroatoms. The summed E-state index contributed by atoms with van der Waals surface area (Å²) in [4.78, 5) is 24.4. The Bertz CT molecular complexity index is 888. The summed E-state index contributed by atoms with van der Waals surface area (Å²) in [5.41, 5.74) is 4.39. The number of methoxy groups -OCH3 is 1. The van der Waals surface area contributed by atoms with Crippen LogP contribution in [0.1, 0.15) is 29.8 Å². The second-order valence-corrected chi connectivity index (χ2v) is 6.12. The van der Waals surface area contributed by atoms with Gasteiger partial charge in [0.2, 0.25) is 0 Å². The highest BCUT2D eigenvalue weighted by Crippen LogP contribution is 2.13. The molecule has 0 radical (unpaired) electrons. The average Bonchev–Trinajstić information content (AvgIpc) is 2.71. The van der Waals surface area contributed by atoms with Crippen LogP contribution in [0.25, 0.3) is 0 Å². The van der Waals surface area contributed by atoms with Gasteiger partial charge in [-0.3, -0.25) is 10.2 Å². The van der Waals surface area contributed by atoms with Gasteiger partial charge in [0.15, 0.2) is 5.78 Å². The standard InChI is InChI=1S/C21H21ClN2O4/c1-4-28-18-11-7-15(8-12-18)14(2)23-24-19(21(26)27-3)13-20(25)16-5-9-17(22)10-6-16/h5-13,24H,4H2,1-3H3/b19-13+,23-14+. The molecular weight excluding hydrogens is 380 g/mol. The van der Waals surface area contributed by atoms with Crippen LogP contribution < -0.4 is 10.2 Å². The van der Waals surface area contributed by atoms with Gasteiger partial charge in [0.05, 0.1) is 19.4 Å². The SMILES string of the molecule is CCOc1ccc(/C(C)=N/N/C(=C/C(=O)c2ccc(Cl)cc2)C(=O)OC)cc1. The first-order chi connectivity index (χ1) is 13.4. The highest BCUT2D eigenvalue weighted by Gasteiger charge is 2.13. The van der Waals surface area contributed by atoms with Gasteiger partial charge in [-0.15, -0.1) is 0 Å². The Morgan fingerprint density at radius 3 is 2.25 bits per heavy atom. The lowest BCUT2D eigenvalue weighted by Gasteiger charge is -2.08. The van der Waals surface area contributed by atoms with Gasteiger partial charge >= 0.3 is 5.97 Å². The molecule has 0 aromatic heterocycles. The molecule has 2 aromatic rings. The van der Waals surface area contributed by atoms with Crippen molar-refractivity contribution >= 4 is 29.1 Å². The largest absolute Gasteiger partial charge is 0.494 e. The van der Waals surface area contributed by atoms with Crippen LogP contribution in [0.5, 0.6) is 5.75 Å². The van der Waals surface area contributed by atoms with E-state index in [-0.39, 0.29) is 11.5 Å². The molecule has 146 valence electrons. The zero-order valence-corrected chi connectivity index (χ0v) is 16.6. The Kier molecular flexibility index (Phi) is 7.77. The number of hydrogen-bond donors (Lipinski definition) is 1. The zero-order valence-electron chi connectivity index (χ0n) is 15.9. The fourth-order valence-electron chi connectivity index (χ4n) is 2.24. The molecule has 2 aromatic carbocycles. The molecule has 0 saturated heterocycles. The van der Waals surface area contributed by atoms with E-state index in [1.54, 1.807) is 31.2 Å². The van der Waals surface area contributed by atoms with Crippen LogP contribution >= 0.6 is 11.6 Å². The summed E-state index contributed by atoms with van der Waals surface area (Å²) in [5, 5.41) is 4.70. The van der Waals surface area contributed by atoms with E-state index in [2.05, 4.69) is 10.5 Å². The number of benzene rings is 2. The second kappa shape index (κ2) is 10.3. The number of ketones is 1. The van der Waals surface area contributed by atoms with E-state index in [4.69, 9.17) is 21.1 Å². The van der Waals surface area contributed by atoms with Gasteiger partial charge in [-0.05, 0) is 67.9 Å². The van der Waals surface area contributed by atoms with Crippen LogP contribution in [-0.4, -0.2) is 31.2 Å². The summed E-state index contributed by atoms with van der Waals surface area (Å²) in [6.45, 7) is 4.28. The Labute approximate surface area is 168 Å². The Morgan fingerprint density at radius 1 is 1.07 bits per heavy atom. The lowest BCUT2D eigenvalue weighted by atomic mass is 10.1. The molecule has 0 atom stereocenters. The average molecular weight is 401 g/mol. The van der Waals surface area contributed by atoms with Crippen molar-refractivity contribution < 1.29 is 19.1 Å². The van der Waals surface area contributed by atoms with Gasteiger partial charge in [0, 0.05) is 16.7 Å². The topological polar surface area (TPSA) is 77.0 Å². The van der Waals surface area contributed by atoms with E-state index in [1.165, 1.54) is 7.11 Å². The monoisotopic (exact) mass is 400 g/mol. The molecule has 2 rings (SSSR count). The smallest absolute Gasteiger partial charge is 0.356 e. The summed E-state index contributed by atoms with van der Waals surface area (Å²) in [5.74, 6) is -0.320. The fourth-order valence-corrected chi connectivity index (χ4v) is 2.37. The number of esters is 1. The maximum Gasteiger partial charge on any atom is 0.356 e. The molecule has 0 bridgehead atoms. The minimum Gasteiger partial charge on any atom is -0.494 e. The zero-order chi connectivity index (χ0) is 20.5. The van der Waals surface area contributed by atoms with Crippen molar-refractivity contribution in [2.75, 3.05) is 13.7 Å². The maximum absolute atomic E-state index is 12.4. The first-order valence-electron chi connectivity index (χ1n) is 8.58. The van der Waals surface area contributed by atoms with Crippen LogP contribution in [0.3, 0.4) is 0 Å². The lowest BCUT2D eigenvalue weighted by molar-refractivity contribution is -0.136. The number of halogens is 1. The van der Waals surface area contributed by atoms with Crippen molar-refractivity contribution in [3.8, 4) is 5.75 Å².